The Kier molecular flexibility index (Phi) is 9.96. The van der Waals surface area contributed by atoms with Crippen LogP contribution in [-0.2, 0) is 14.3 Å². The second-order valence-corrected chi connectivity index (χ2v) is 8.50. The molecule has 7 nitrogen and oxygen atoms in total. The van der Waals surface area contributed by atoms with Gasteiger partial charge in [-0.2, -0.15) is 0 Å². The standard InChI is InChI=1S/C27H34FN3O4/c1-18(2)25(26(32)30-12-14-35-16-15-34-13-11-29)21-9-10-24(31-27(21)33-3)20-8-7-19-5-4-6-23(28)22(19)17-20/h4-10,17-18,25H,11-16,29H2,1-3H3,(H,30,32). The fourth-order valence-corrected chi connectivity index (χ4v) is 3.97. The van der Waals surface area contributed by atoms with Crippen LogP contribution in [0.4, 0.5) is 4.39 Å². The summed E-state index contributed by atoms with van der Waals surface area (Å²) < 4.78 is 30.6. The van der Waals surface area contributed by atoms with Gasteiger partial charge in [0, 0.05) is 29.6 Å². The maximum atomic E-state index is 14.3. The van der Waals surface area contributed by atoms with Gasteiger partial charge in [-0.25, -0.2) is 9.37 Å². The molecule has 1 amide bonds. The number of carbonyl (C=O) groups is 1. The van der Waals surface area contributed by atoms with E-state index in [-0.39, 0.29) is 17.6 Å². The smallest absolute Gasteiger partial charge is 0.228 e. The Balaban J connectivity index is 1.72. The molecule has 0 saturated carbocycles. The van der Waals surface area contributed by atoms with Crippen molar-refractivity contribution in [1.29, 1.82) is 0 Å². The van der Waals surface area contributed by atoms with E-state index in [2.05, 4.69) is 10.3 Å². The van der Waals surface area contributed by atoms with Crippen LogP contribution in [0, 0.1) is 11.7 Å². The van der Waals surface area contributed by atoms with Crippen molar-refractivity contribution in [2.24, 2.45) is 11.7 Å². The van der Waals surface area contributed by atoms with Crippen LogP contribution < -0.4 is 15.8 Å². The number of carbonyl (C=O) groups excluding carboxylic acids is 1. The number of rotatable bonds is 13. The summed E-state index contributed by atoms with van der Waals surface area (Å²) in [5.41, 5.74) is 7.48. The number of nitrogens with two attached hydrogens (primary N) is 1. The molecule has 35 heavy (non-hydrogen) atoms. The van der Waals surface area contributed by atoms with Gasteiger partial charge < -0.3 is 25.3 Å². The van der Waals surface area contributed by atoms with Crippen molar-refractivity contribution in [1.82, 2.24) is 10.3 Å². The van der Waals surface area contributed by atoms with E-state index in [9.17, 15) is 9.18 Å². The van der Waals surface area contributed by atoms with Crippen molar-refractivity contribution in [2.45, 2.75) is 19.8 Å². The molecule has 2 aromatic carbocycles. The van der Waals surface area contributed by atoms with Gasteiger partial charge in [0.05, 0.1) is 45.1 Å². The molecule has 3 rings (SSSR count). The van der Waals surface area contributed by atoms with Gasteiger partial charge in [0.15, 0.2) is 0 Å². The minimum Gasteiger partial charge on any atom is -0.481 e. The number of nitrogens with zero attached hydrogens (tertiary/aromatic N) is 1. The first kappa shape index (κ1) is 26.5. The van der Waals surface area contributed by atoms with Gasteiger partial charge in [-0.3, -0.25) is 4.79 Å². The molecule has 3 N–H and O–H groups in total. The lowest BCUT2D eigenvalue weighted by atomic mass is 9.87. The average Bonchev–Trinajstić information content (AvgIpc) is 2.86. The number of halogens is 1. The lowest BCUT2D eigenvalue weighted by Crippen LogP contribution is -2.34. The Labute approximate surface area is 205 Å². The van der Waals surface area contributed by atoms with Crippen LogP contribution in [0.5, 0.6) is 5.88 Å². The first-order valence-electron chi connectivity index (χ1n) is 11.8. The quantitative estimate of drug-likeness (QED) is 0.358. The van der Waals surface area contributed by atoms with Gasteiger partial charge in [0.25, 0.3) is 0 Å². The highest BCUT2D eigenvalue weighted by Gasteiger charge is 2.28. The van der Waals surface area contributed by atoms with Crippen molar-refractivity contribution in [2.75, 3.05) is 46.6 Å². The summed E-state index contributed by atoms with van der Waals surface area (Å²) in [5.74, 6) is -0.469. The number of hydrogen-bond acceptors (Lipinski definition) is 6. The molecule has 0 fully saturated rings. The van der Waals surface area contributed by atoms with Crippen LogP contribution in [0.15, 0.2) is 48.5 Å². The van der Waals surface area contributed by atoms with Crippen LogP contribution >= 0.6 is 0 Å². The number of amides is 1. The molecule has 1 aromatic heterocycles. The number of methoxy groups -OCH3 is 1. The maximum absolute atomic E-state index is 14.3. The van der Waals surface area contributed by atoms with E-state index in [1.807, 2.05) is 44.2 Å². The minimum absolute atomic E-state index is 0.0110. The molecule has 8 heteroatoms. The van der Waals surface area contributed by atoms with E-state index in [0.29, 0.717) is 62.0 Å². The molecular weight excluding hydrogens is 449 g/mol. The number of nitrogens with one attached hydrogen (secondary N) is 1. The molecule has 0 saturated heterocycles. The van der Waals surface area contributed by atoms with E-state index in [4.69, 9.17) is 19.9 Å². The Morgan fingerprint density at radius 3 is 2.54 bits per heavy atom. The van der Waals surface area contributed by atoms with Gasteiger partial charge >= 0.3 is 0 Å². The van der Waals surface area contributed by atoms with Crippen LogP contribution in [0.25, 0.3) is 22.0 Å². The Morgan fingerprint density at radius 1 is 1.06 bits per heavy atom. The summed E-state index contributed by atoms with van der Waals surface area (Å²) in [6.45, 7) is 6.63. The van der Waals surface area contributed by atoms with Crippen molar-refractivity contribution in [3.8, 4) is 17.1 Å². The van der Waals surface area contributed by atoms with Crippen molar-refractivity contribution >= 4 is 16.7 Å². The molecule has 1 heterocycles. The van der Waals surface area contributed by atoms with Crippen LogP contribution in [0.3, 0.4) is 0 Å². The van der Waals surface area contributed by atoms with E-state index >= 15 is 0 Å². The SMILES string of the molecule is COc1nc(-c2ccc3cccc(F)c3c2)ccc1C(C(=O)NCCOCCOCCN)C(C)C. The monoisotopic (exact) mass is 483 g/mol. The number of fused-ring (bicyclic) bond motifs is 1. The summed E-state index contributed by atoms with van der Waals surface area (Å²) in [4.78, 5) is 17.7. The zero-order chi connectivity index (χ0) is 25.2. The van der Waals surface area contributed by atoms with Crippen molar-refractivity contribution in [3.05, 3.63) is 59.9 Å². The summed E-state index contributed by atoms with van der Waals surface area (Å²) in [5, 5.41) is 4.29. The lowest BCUT2D eigenvalue weighted by molar-refractivity contribution is -0.123. The third-order valence-electron chi connectivity index (χ3n) is 5.67. The normalized spacial score (nSPS) is 12.2. The van der Waals surface area contributed by atoms with Gasteiger partial charge in [0.2, 0.25) is 11.8 Å². The number of hydrogen-bond donors (Lipinski definition) is 2. The fourth-order valence-electron chi connectivity index (χ4n) is 3.97. The first-order valence-corrected chi connectivity index (χ1v) is 11.8. The van der Waals surface area contributed by atoms with E-state index < -0.39 is 5.92 Å². The van der Waals surface area contributed by atoms with Gasteiger partial charge in [-0.05, 0) is 29.5 Å². The van der Waals surface area contributed by atoms with Crippen molar-refractivity contribution in [3.63, 3.8) is 0 Å². The average molecular weight is 484 g/mol. The predicted octanol–water partition coefficient (Wildman–Crippen LogP) is 3.90. The highest BCUT2D eigenvalue weighted by molar-refractivity contribution is 5.88. The third kappa shape index (κ3) is 6.97. The summed E-state index contributed by atoms with van der Waals surface area (Å²) >= 11 is 0. The lowest BCUT2D eigenvalue weighted by Gasteiger charge is -2.22. The molecule has 0 bridgehead atoms. The van der Waals surface area contributed by atoms with Gasteiger partial charge in [0.1, 0.15) is 5.82 Å². The Bertz CT molecular complexity index is 1120. The van der Waals surface area contributed by atoms with E-state index in [0.717, 1.165) is 10.9 Å². The van der Waals surface area contributed by atoms with Gasteiger partial charge in [-0.1, -0.05) is 44.2 Å². The number of ether oxygens (including phenoxy) is 3. The first-order chi connectivity index (χ1) is 17.0. The van der Waals surface area contributed by atoms with Crippen LogP contribution in [-0.4, -0.2) is 57.5 Å². The van der Waals surface area contributed by atoms with Crippen molar-refractivity contribution < 1.29 is 23.4 Å². The maximum Gasteiger partial charge on any atom is 0.228 e. The second kappa shape index (κ2) is 13.1. The summed E-state index contributed by atoms with van der Waals surface area (Å²) in [6, 6.07) is 14.2. The van der Waals surface area contributed by atoms with E-state index in [1.165, 1.54) is 13.2 Å². The zero-order valence-corrected chi connectivity index (χ0v) is 20.6. The fraction of sp³-hybridized carbons (Fsp3) is 0.407. The molecule has 3 aromatic rings. The minimum atomic E-state index is -0.451. The molecule has 0 spiro atoms. The Morgan fingerprint density at radius 2 is 1.83 bits per heavy atom. The largest absolute Gasteiger partial charge is 0.481 e. The predicted molar refractivity (Wildman–Crippen MR) is 135 cm³/mol. The molecule has 0 radical (unpaired) electrons. The zero-order valence-electron chi connectivity index (χ0n) is 20.6. The van der Waals surface area contributed by atoms with E-state index in [1.54, 1.807) is 12.1 Å². The molecule has 0 aliphatic carbocycles. The number of benzene rings is 2. The summed E-state index contributed by atoms with van der Waals surface area (Å²) in [7, 11) is 1.53. The Hall–Kier alpha value is -3.07. The number of pyridine rings is 1. The van der Waals surface area contributed by atoms with Gasteiger partial charge in [-0.15, -0.1) is 0 Å². The molecule has 1 unspecified atom stereocenters. The molecule has 188 valence electrons. The van der Waals surface area contributed by atoms with Crippen LogP contribution in [0.2, 0.25) is 0 Å². The van der Waals surface area contributed by atoms with Crippen LogP contribution in [0.1, 0.15) is 25.3 Å². The molecular formula is C27H34FN3O4. The molecule has 1 atom stereocenters. The molecule has 0 aliphatic heterocycles. The highest BCUT2D eigenvalue weighted by atomic mass is 19.1. The summed E-state index contributed by atoms with van der Waals surface area (Å²) in [6.07, 6.45) is 0. The second-order valence-electron chi connectivity index (χ2n) is 8.50. The number of aromatic nitrogens is 1. The third-order valence-corrected chi connectivity index (χ3v) is 5.67. The highest BCUT2D eigenvalue weighted by Crippen LogP contribution is 2.34. The molecule has 0 aliphatic rings. The topological polar surface area (TPSA) is 95.7 Å².